The van der Waals surface area contributed by atoms with Crippen LogP contribution in [0.3, 0.4) is 0 Å². The Morgan fingerprint density at radius 3 is 1.50 bits per heavy atom. The minimum Gasteiger partial charge on any atom is -0.274 e. The maximum Gasteiger partial charge on any atom is 0.330 e. The normalized spacial score (nSPS) is 9.67. The molecular weight excluding hydrogens is 216 g/mol. The SMILES string of the molecule is NS(=O)(=O)O.[Sb]. The second-order valence-electron chi connectivity index (χ2n) is 0.515. The molecule has 0 saturated carbocycles. The van der Waals surface area contributed by atoms with Gasteiger partial charge in [0.25, 0.3) is 0 Å². The van der Waals surface area contributed by atoms with Crippen LogP contribution in [0.2, 0.25) is 0 Å². The molecule has 3 N–H and O–H groups in total. The summed E-state index contributed by atoms with van der Waals surface area (Å²) in [5.41, 5.74) is 0. The van der Waals surface area contributed by atoms with Crippen molar-refractivity contribution in [1.82, 2.24) is 0 Å². The van der Waals surface area contributed by atoms with Crippen LogP contribution in [0.15, 0.2) is 0 Å². The van der Waals surface area contributed by atoms with E-state index in [1.165, 1.54) is 0 Å². The predicted octanol–water partition coefficient (Wildman–Crippen LogP) is -1.63. The first-order valence-corrected chi connectivity index (χ1v) is 2.25. The van der Waals surface area contributed by atoms with E-state index in [1.54, 1.807) is 0 Å². The average Bonchev–Trinajstić information content (AvgIpc) is 0.722. The zero-order valence-corrected chi connectivity index (χ0v) is 6.07. The van der Waals surface area contributed by atoms with Gasteiger partial charge in [-0.2, -0.15) is 8.42 Å². The summed E-state index contributed by atoms with van der Waals surface area (Å²) in [5, 5.41) is 3.88. The van der Waals surface area contributed by atoms with Gasteiger partial charge in [0, 0.05) is 24.4 Å². The fourth-order valence-electron chi connectivity index (χ4n) is 0. The van der Waals surface area contributed by atoms with Crippen LogP contribution in [0.25, 0.3) is 0 Å². The molecule has 0 fully saturated rings. The van der Waals surface area contributed by atoms with Crippen molar-refractivity contribution < 1.29 is 13.0 Å². The molecule has 0 heterocycles. The number of nitrogens with two attached hydrogens (primary N) is 1. The van der Waals surface area contributed by atoms with Crippen LogP contribution < -0.4 is 5.14 Å². The van der Waals surface area contributed by atoms with Crippen LogP contribution in [0.1, 0.15) is 0 Å². The molecule has 0 aliphatic carbocycles. The molecule has 0 spiro atoms. The van der Waals surface area contributed by atoms with Gasteiger partial charge in [0.15, 0.2) is 0 Å². The average molecular weight is 219 g/mol. The zero-order valence-electron chi connectivity index (χ0n) is 2.70. The summed E-state index contributed by atoms with van der Waals surface area (Å²) in [6, 6.07) is 0. The fraction of sp³-hybridized carbons (Fsp3) is 0. The van der Waals surface area contributed by atoms with Crippen LogP contribution in [0.4, 0.5) is 0 Å². The molecule has 0 aromatic heterocycles. The summed E-state index contributed by atoms with van der Waals surface area (Å²) in [7, 11) is -4.17. The van der Waals surface area contributed by atoms with E-state index in [2.05, 4.69) is 5.14 Å². The molecule has 0 unspecified atom stereocenters. The Morgan fingerprint density at radius 1 is 1.50 bits per heavy atom. The minimum absolute atomic E-state index is 0. The summed E-state index contributed by atoms with van der Waals surface area (Å²) in [5.74, 6) is 0. The standard InChI is InChI=1S/H3NO3S.Sb/c1-5(2,3)4;/h(H3,1,2,3,4);. The van der Waals surface area contributed by atoms with E-state index in [1.807, 2.05) is 0 Å². The molecule has 0 aromatic rings. The van der Waals surface area contributed by atoms with E-state index >= 15 is 0 Å². The Hall–Kier alpha value is 0.688. The van der Waals surface area contributed by atoms with E-state index in [0.29, 0.717) is 0 Å². The van der Waals surface area contributed by atoms with E-state index in [9.17, 15) is 0 Å². The van der Waals surface area contributed by atoms with Crippen molar-refractivity contribution in [2.75, 3.05) is 0 Å². The van der Waals surface area contributed by atoms with Gasteiger partial charge in [-0.25, -0.2) is 5.14 Å². The van der Waals surface area contributed by atoms with Crippen molar-refractivity contribution in [2.45, 2.75) is 0 Å². The van der Waals surface area contributed by atoms with Crippen LogP contribution in [0, 0.1) is 0 Å². The summed E-state index contributed by atoms with van der Waals surface area (Å²) in [6.07, 6.45) is 0. The van der Waals surface area contributed by atoms with Gasteiger partial charge >= 0.3 is 10.3 Å². The van der Waals surface area contributed by atoms with Gasteiger partial charge in [0.2, 0.25) is 0 Å². The molecule has 0 bridgehead atoms. The van der Waals surface area contributed by atoms with Crippen LogP contribution in [0.5, 0.6) is 0 Å². The van der Waals surface area contributed by atoms with Crippen molar-refractivity contribution >= 4 is 34.7 Å². The van der Waals surface area contributed by atoms with Gasteiger partial charge in [-0.1, -0.05) is 0 Å². The van der Waals surface area contributed by atoms with E-state index in [0.717, 1.165) is 0 Å². The number of hydrogen-bond donors (Lipinski definition) is 2. The quantitative estimate of drug-likeness (QED) is 0.379. The summed E-state index contributed by atoms with van der Waals surface area (Å²) < 4.78 is 25.2. The van der Waals surface area contributed by atoms with Crippen molar-refractivity contribution in [3.8, 4) is 0 Å². The number of rotatable bonds is 0. The van der Waals surface area contributed by atoms with Crippen LogP contribution >= 0.6 is 0 Å². The van der Waals surface area contributed by atoms with Crippen molar-refractivity contribution in [3.05, 3.63) is 0 Å². The molecule has 6 heteroatoms. The molecule has 3 radical (unpaired) electrons. The minimum atomic E-state index is -4.17. The Labute approximate surface area is 53.0 Å². The molecule has 4 nitrogen and oxygen atoms in total. The molecule has 0 aliphatic rings. The zero-order chi connectivity index (χ0) is 4.50. The van der Waals surface area contributed by atoms with E-state index in [-0.39, 0.29) is 24.4 Å². The first kappa shape index (κ1) is 9.85. The Kier molecular flexibility index (Phi) is 4.59. The summed E-state index contributed by atoms with van der Waals surface area (Å²) >= 11 is 0. The smallest absolute Gasteiger partial charge is 0.274 e. The first-order chi connectivity index (χ1) is 2.00. The molecule has 0 rings (SSSR count). The largest absolute Gasteiger partial charge is 0.330 e. The first-order valence-electron chi connectivity index (χ1n) is 0.752. The van der Waals surface area contributed by atoms with Gasteiger partial charge in [-0.15, -0.1) is 0 Å². The summed E-state index contributed by atoms with van der Waals surface area (Å²) in [4.78, 5) is 0. The maximum absolute atomic E-state index is 8.97. The second kappa shape index (κ2) is 2.79. The Bertz CT molecular complexity index is 94.0. The van der Waals surface area contributed by atoms with E-state index < -0.39 is 10.3 Å². The van der Waals surface area contributed by atoms with Crippen LogP contribution in [-0.2, 0) is 10.3 Å². The molecule has 37 valence electrons. The summed E-state index contributed by atoms with van der Waals surface area (Å²) in [6.45, 7) is 0. The molecule has 6 heavy (non-hydrogen) atoms. The monoisotopic (exact) mass is 218 g/mol. The Balaban J connectivity index is 0. The van der Waals surface area contributed by atoms with Gasteiger partial charge < -0.3 is 0 Å². The molecule has 0 atom stereocenters. The van der Waals surface area contributed by atoms with Gasteiger partial charge in [0.05, 0.1) is 0 Å². The van der Waals surface area contributed by atoms with Crippen molar-refractivity contribution in [1.29, 1.82) is 0 Å². The van der Waals surface area contributed by atoms with Gasteiger partial charge in [-0.3, -0.25) is 4.55 Å². The van der Waals surface area contributed by atoms with Crippen LogP contribution in [-0.4, -0.2) is 37.4 Å². The Morgan fingerprint density at radius 2 is 1.50 bits per heavy atom. The third-order valence-corrected chi connectivity index (χ3v) is 0. The third kappa shape index (κ3) is 135. The van der Waals surface area contributed by atoms with Gasteiger partial charge in [-0.05, 0) is 0 Å². The third-order valence-electron chi connectivity index (χ3n) is 0. The molecule has 0 saturated heterocycles. The predicted molar refractivity (Wildman–Crippen MR) is 21.5 cm³/mol. The molecule has 0 aliphatic heterocycles. The van der Waals surface area contributed by atoms with E-state index in [4.69, 9.17) is 13.0 Å². The topological polar surface area (TPSA) is 80.4 Å². The van der Waals surface area contributed by atoms with Crippen molar-refractivity contribution in [2.24, 2.45) is 5.14 Å². The fourth-order valence-corrected chi connectivity index (χ4v) is 0. The molecule has 0 aromatic carbocycles. The van der Waals surface area contributed by atoms with Crippen molar-refractivity contribution in [3.63, 3.8) is 0 Å². The second-order valence-corrected chi connectivity index (χ2v) is 1.54. The number of hydrogen-bond acceptors (Lipinski definition) is 2. The maximum atomic E-state index is 8.97. The van der Waals surface area contributed by atoms with Gasteiger partial charge in [0.1, 0.15) is 0 Å². The molecule has 0 amide bonds. The molecular formula is H3NO3SSb.